The molecular formula is C20H20N4O6. The van der Waals surface area contributed by atoms with Crippen molar-refractivity contribution in [3.63, 3.8) is 0 Å². The van der Waals surface area contributed by atoms with E-state index in [2.05, 4.69) is 15.7 Å². The van der Waals surface area contributed by atoms with E-state index >= 15 is 0 Å². The van der Waals surface area contributed by atoms with Gasteiger partial charge in [-0.2, -0.15) is 5.01 Å². The highest BCUT2D eigenvalue weighted by molar-refractivity contribution is 6.08. The van der Waals surface area contributed by atoms with Crippen LogP contribution in [0, 0.1) is 0 Å². The Morgan fingerprint density at radius 1 is 1.10 bits per heavy atom. The van der Waals surface area contributed by atoms with Gasteiger partial charge in [-0.25, -0.2) is 9.59 Å². The molecule has 10 heteroatoms. The van der Waals surface area contributed by atoms with E-state index in [9.17, 15) is 24.0 Å². The molecule has 3 N–H and O–H groups in total. The third-order valence-corrected chi connectivity index (χ3v) is 5.41. The van der Waals surface area contributed by atoms with Gasteiger partial charge in [0.1, 0.15) is 5.54 Å². The number of rotatable bonds is 4. The summed E-state index contributed by atoms with van der Waals surface area (Å²) in [6, 6.07) is 7.06. The van der Waals surface area contributed by atoms with Crippen molar-refractivity contribution in [2.24, 2.45) is 0 Å². The lowest BCUT2D eigenvalue weighted by molar-refractivity contribution is -0.140. The van der Waals surface area contributed by atoms with Crippen LogP contribution in [0.15, 0.2) is 35.1 Å². The van der Waals surface area contributed by atoms with E-state index < -0.39 is 41.5 Å². The summed E-state index contributed by atoms with van der Waals surface area (Å²) in [5.74, 6) is -2.21. The number of carbonyl (C=O) groups excluding carboxylic acids is 4. The van der Waals surface area contributed by atoms with E-state index in [1.165, 1.54) is 0 Å². The molecule has 0 atom stereocenters. The summed E-state index contributed by atoms with van der Waals surface area (Å²) in [5, 5.41) is 3.78. The Labute approximate surface area is 170 Å². The van der Waals surface area contributed by atoms with Crippen LogP contribution in [0.4, 0.5) is 4.79 Å². The molecule has 2 aliphatic rings. The molecule has 1 saturated carbocycles. The van der Waals surface area contributed by atoms with Crippen molar-refractivity contribution < 1.29 is 23.9 Å². The molecule has 0 unspecified atom stereocenters. The van der Waals surface area contributed by atoms with Crippen LogP contribution in [0.1, 0.15) is 42.5 Å². The predicted octanol–water partition coefficient (Wildman–Crippen LogP) is 0.971. The van der Waals surface area contributed by atoms with E-state index in [0.717, 1.165) is 25.3 Å². The maximum atomic E-state index is 12.7. The summed E-state index contributed by atoms with van der Waals surface area (Å²) in [6.07, 6.45) is 3.67. The SMILES string of the molecule is O=C(COC(=O)c1cc(=O)[nH]c2ccccc12)NN1C(=O)NC2(CCCCC2)C1=O. The fourth-order valence-corrected chi connectivity index (χ4v) is 3.96. The van der Waals surface area contributed by atoms with Gasteiger partial charge in [0, 0.05) is 17.0 Å². The second kappa shape index (κ2) is 7.62. The zero-order valence-corrected chi connectivity index (χ0v) is 16.0. The first-order valence-corrected chi connectivity index (χ1v) is 9.65. The highest BCUT2D eigenvalue weighted by atomic mass is 16.5. The molecule has 1 aromatic heterocycles. The minimum atomic E-state index is -0.969. The third kappa shape index (κ3) is 3.51. The number of pyridine rings is 1. The van der Waals surface area contributed by atoms with Crippen LogP contribution >= 0.6 is 0 Å². The van der Waals surface area contributed by atoms with Gasteiger partial charge in [-0.3, -0.25) is 19.8 Å². The van der Waals surface area contributed by atoms with Crippen molar-refractivity contribution in [3.05, 3.63) is 46.2 Å². The molecule has 10 nitrogen and oxygen atoms in total. The fraction of sp³-hybridized carbons (Fsp3) is 0.350. The summed E-state index contributed by atoms with van der Waals surface area (Å²) in [6.45, 7) is -0.718. The van der Waals surface area contributed by atoms with Gasteiger partial charge in [-0.15, -0.1) is 0 Å². The van der Waals surface area contributed by atoms with Crippen molar-refractivity contribution >= 4 is 34.7 Å². The molecule has 0 radical (unpaired) electrons. The number of imide groups is 1. The second-order valence-electron chi connectivity index (χ2n) is 7.42. The van der Waals surface area contributed by atoms with Crippen LogP contribution in [0.5, 0.6) is 0 Å². The number of ether oxygens (including phenoxy) is 1. The van der Waals surface area contributed by atoms with Crippen LogP contribution in [-0.2, 0) is 14.3 Å². The van der Waals surface area contributed by atoms with Gasteiger partial charge in [-0.1, -0.05) is 37.5 Å². The highest BCUT2D eigenvalue weighted by Gasteiger charge is 2.52. The Kier molecular flexibility index (Phi) is 4.98. The maximum absolute atomic E-state index is 12.7. The molecule has 2 heterocycles. The summed E-state index contributed by atoms with van der Waals surface area (Å²) in [4.78, 5) is 63.8. The Bertz CT molecular complexity index is 1100. The number of nitrogens with zero attached hydrogens (tertiary/aromatic N) is 1. The standard InChI is InChI=1S/C20H20N4O6/c25-15-10-13(12-6-2-3-7-14(12)21-15)17(27)30-11-16(26)23-24-18(28)20(22-19(24)29)8-4-1-5-9-20/h2-3,6-7,10H,1,4-5,8-9,11H2,(H,21,25)(H,22,29)(H,23,26). The molecule has 30 heavy (non-hydrogen) atoms. The van der Waals surface area contributed by atoms with Gasteiger partial charge in [0.05, 0.1) is 5.56 Å². The predicted molar refractivity (Wildman–Crippen MR) is 104 cm³/mol. The fourth-order valence-electron chi connectivity index (χ4n) is 3.96. The van der Waals surface area contributed by atoms with Gasteiger partial charge in [0.25, 0.3) is 11.8 Å². The van der Waals surface area contributed by atoms with E-state index in [1.807, 2.05) is 0 Å². The Balaban J connectivity index is 1.41. The first-order valence-electron chi connectivity index (χ1n) is 9.65. The number of hydrazine groups is 1. The zero-order valence-electron chi connectivity index (χ0n) is 16.0. The number of carbonyl (C=O) groups is 4. The van der Waals surface area contributed by atoms with Gasteiger partial charge in [0.15, 0.2) is 6.61 Å². The topological polar surface area (TPSA) is 138 Å². The minimum Gasteiger partial charge on any atom is -0.452 e. The zero-order chi connectivity index (χ0) is 21.3. The molecule has 1 spiro atoms. The van der Waals surface area contributed by atoms with E-state index in [4.69, 9.17) is 4.74 Å². The average molecular weight is 412 g/mol. The number of hydrogen-bond donors (Lipinski definition) is 3. The quantitative estimate of drug-likeness (QED) is 0.505. The molecule has 0 bridgehead atoms. The maximum Gasteiger partial charge on any atom is 0.344 e. The molecule has 156 valence electrons. The molecule has 4 amide bonds. The average Bonchev–Trinajstić information content (AvgIpc) is 2.95. The highest BCUT2D eigenvalue weighted by Crippen LogP contribution is 2.32. The lowest BCUT2D eigenvalue weighted by Gasteiger charge is -2.30. The molecule has 1 aliphatic carbocycles. The lowest BCUT2D eigenvalue weighted by atomic mass is 9.82. The van der Waals surface area contributed by atoms with Crippen LogP contribution in [0.2, 0.25) is 0 Å². The number of amides is 4. The number of aromatic amines is 1. The van der Waals surface area contributed by atoms with Crippen LogP contribution in [-0.4, -0.2) is 46.0 Å². The van der Waals surface area contributed by atoms with Crippen molar-refractivity contribution in [1.82, 2.24) is 20.7 Å². The normalized spacial score (nSPS) is 17.8. The first kappa shape index (κ1) is 19.6. The van der Waals surface area contributed by atoms with Gasteiger partial charge in [-0.05, 0) is 18.9 Å². The largest absolute Gasteiger partial charge is 0.452 e. The number of para-hydroxylation sites is 1. The van der Waals surface area contributed by atoms with Crippen molar-refractivity contribution in [1.29, 1.82) is 0 Å². The number of urea groups is 1. The van der Waals surface area contributed by atoms with Crippen molar-refractivity contribution in [3.8, 4) is 0 Å². The second-order valence-corrected chi connectivity index (χ2v) is 7.42. The molecule has 1 saturated heterocycles. The van der Waals surface area contributed by atoms with Gasteiger partial charge < -0.3 is 15.0 Å². The van der Waals surface area contributed by atoms with Crippen LogP contribution < -0.4 is 16.3 Å². The van der Waals surface area contributed by atoms with Crippen molar-refractivity contribution in [2.75, 3.05) is 6.61 Å². The molecule has 2 aromatic rings. The number of aromatic nitrogens is 1. The van der Waals surface area contributed by atoms with E-state index in [0.29, 0.717) is 28.8 Å². The molecule has 4 rings (SSSR count). The van der Waals surface area contributed by atoms with E-state index in [-0.39, 0.29) is 5.56 Å². The Morgan fingerprint density at radius 2 is 1.83 bits per heavy atom. The number of hydrogen-bond acceptors (Lipinski definition) is 6. The molecule has 2 fully saturated rings. The third-order valence-electron chi connectivity index (χ3n) is 5.41. The number of nitrogens with one attached hydrogen (secondary N) is 3. The van der Waals surface area contributed by atoms with Gasteiger partial charge in [0.2, 0.25) is 5.56 Å². The first-order chi connectivity index (χ1) is 14.4. The molecular weight excluding hydrogens is 392 g/mol. The summed E-state index contributed by atoms with van der Waals surface area (Å²) < 4.78 is 5.00. The Hall–Kier alpha value is -3.69. The summed E-state index contributed by atoms with van der Waals surface area (Å²) in [5.41, 5.74) is 1.21. The number of fused-ring (bicyclic) bond motifs is 1. The van der Waals surface area contributed by atoms with Gasteiger partial charge >= 0.3 is 12.0 Å². The summed E-state index contributed by atoms with van der Waals surface area (Å²) in [7, 11) is 0. The lowest BCUT2D eigenvalue weighted by Crippen LogP contribution is -2.51. The Morgan fingerprint density at radius 3 is 2.60 bits per heavy atom. The van der Waals surface area contributed by atoms with Crippen molar-refractivity contribution in [2.45, 2.75) is 37.6 Å². The van der Waals surface area contributed by atoms with E-state index in [1.54, 1.807) is 24.3 Å². The molecule has 1 aliphatic heterocycles. The number of esters is 1. The summed E-state index contributed by atoms with van der Waals surface area (Å²) >= 11 is 0. The van der Waals surface area contributed by atoms with Crippen LogP contribution in [0.3, 0.4) is 0 Å². The minimum absolute atomic E-state index is 0.0123. The smallest absolute Gasteiger partial charge is 0.344 e. The monoisotopic (exact) mass is 412 g/mol. The molecule has 1 aromatic carbocycles. The number of benzene rings is 1. The van der Waals surface area contributed by atoms with Crippen LogP contribution in [0.25, 0.3) is 10.9 Å². The number of H-pyrrole nitrogens is 1.